The van der Waals surface area contributed by atoms with Crippen molar-refractivity contribution in [2.75, 3.05) is 18.9 Å². The van der Waals surface area contributed by atoms with Gasteiger partial charge < -0.3 is 20.7 Å². The maximum atomic E-state index is 12.2. The Morgan fingerprint density at radius 3 is 2.77 bits per heavy atom. The van der Waals surface area contributed by atoms with Crippen molar-refractivity contribution in [3.8, 4) is 5.75 Å². The Labute approximate surface area is 158 Å². The Morgan fingerprint density at radius 1 is 1.35 bits per heavy atom. The van der Waals surface area contributed by atoms with Crippen LogP contribution in [0.5, 0.6) is 5.75 Å². The molecule has 6 nitrogen and oxygen atoms in total. The molecule has 2 aliphatic rings. The first kappa shape index (κ1) is 18.9. The van der Waals surface area contributed by atoms with E-state index in [2.05, 4.69) is 22.9 Å². The molecule has 1 saturated carbocycles. The fourth-order valence-electron chi connectivity index (χ4n) is 2.77. The van der Waals surface area contributed by atoms with Crippen LogP contribution in [0.4, 0.5) is 4.79 Å². The Kier molecular flexibility index (Phi) is 6.29. The van der Waals surface area contributed by atoms with Gasteiger partial charge in [-0.1, -0.05) is 19.1 Å². The third-order valence-electron chi connectivity index (χ3n) is 4.71. The number of ether oxygens (including phenoxy) is 1. The number of hydrogen-bond donors (Lipinski definition) is 3. The van der Waals surface area contributed by atoms with Crippen molar-refractivity contribution in [1.29, 1.82) is 0 Å². The molecule has 1 aliphatic heterocycles. The van der Waals surface area contributed by atoms with E-state index in [0.717, 1.165) is 23.8 Å². The summed E-state index contributed by atoms with van der Waals surface area (Å²) < 4.78 is 5.74. The van der Waals surface area contributed by atoms with Crippen LogP contribution in [0.2, 0.25) is 0 Å². The molecule has 0 bridgehead atoms. The molecule has 0 radical (unpaired) electrons. The van der Waals surface area contributed by atoms with Gasteiger partial charge in [0.25, 0.3) is 0 Å². The highest BCUT2D eigenvalue weighted by Crippen LogP contribution is 2.29. The van der Waals surface area contributed by atoms with Crippen LogP contribution >= 0.6 is 11.8 Å². The van der Waals surface area contributed by atoms with Gasteiger partial charge in [0.05, 0.1) is 23.8 Å². The minimum Gasteiger partial charge on any atom is -0.493 e. The second kappa shape index (κ2) is 8.66. The van der Waals surface area contributed by atoms with Crippen molar-refractivity contribution in [2.45, 2.75) is 38.1 Å². The Morgan fingerprint density at radius 2 is 2.08 bits per heavy atom. The molecule has 1 heterocycles. The summed E-state index contributed by atoms with van der Waals surface area (Å²) in [5.74, 6) is 2.19. The van der Waals surface area contributed by atoms with Crippen LogP contribution < -0.4 is 20.7 Å². The lowest BCUT2D eigenvalue weighted by Gasteiger charge is -2.29. The summed E-state index contributed by atoms with van der Waals surface area (Å²) in [4.78, 5) is 23.6. The number of rotatable bonds is 8. The van der Waals surface area contributed by atoms with E-state index in [9.17, 15) is 9.59 Å². The van der Waals surface area contributed by atoms with Crippen molar-refractivity contribution in [3.05, 3.63) is 29.8 Å². The van der Waals surface area contributed by atoms with Crippen molar-refractivity contribution in [1.82, 2.24) is 16.0 Å². The number of benzene rings is 1. The Balaban J connectivity index is 1.42. The molecule has 3 atom stereocenters. The number of urea groups is 1. The number of nitrogens with one attached hydrogen (secondary N) is 3. The number of carbonyl (C=O) groups excluding carboxylic acids is 2. The quantitative estimate of drug-likeness (QED) is 0.651. The van der Waals surface area contributed by atoms with Crippen LogP contribution in [-0.2, 0) is 4.79 Å². The largest absolute Gasteiger partial charge is 0.493 e. The first-order valence-corrected chi connectivity index (χ1v) is 10.2. The van der Waals surface area contributed by atoms with Gasteiger partial charge in [-0.15, -0.1) is 11.8 Å². The number of hydrogen-bond acceptors (Lipinski definition) is 4. The van der Waals surface area contributed by atoms with E-state index in [0.29, 0.717) is 12.3 Å². The molecule has 3 N–H and O–H groups in total. The van der Waals surface area contributed by atoms with E-state index in [1.165, 1.54) is 24.6 Å². The summed E-state index contributed by atoms with van der Waals surface area (Å²) >= 11 is 1.47. The van der Waals surface area contributed by atoms with Gasteiger partial charge >= 0.3 is 6.03 Å². The summed E-state index contributed by atoms with van der Waals surface area (Å²) in [6, 6.07) is 7.67. The molecule has 1 saturated heterocycles. The Bertz CT molecular complexity index is 633. The van der Waals surface area contributed by atoms with Gasteiger partial charge in [-0.3, -0.25) is 4.79 Å². The monoisotopic (exact) mass is 377 g/mol. The normalized spacial score (nSPS) is 23.5. The lowest BCUT2D eigenvalue weighted by molar-refractivity contribution is -0.119. The number of carbonyl (C=O) groups is 2. The highest BCUT2D eigenvalue weighted by Gasteiger charge is 2.26. The topological polar surface area (TPSA) is 79.5 Å². The summed E-state index contributed by atoms with van der Waals surface area (Å²) in [6.07, 6.45) is 2.55. The van der Waals surface area contributed by atoms with Gasteiger partial charge in [0.1, 0.15) is 5.75 Å². The molecule has 1 aromatic rings. The standard InChI is InChI=1S/C19H27N3O3S/c1-12-9-20-19(24)22-18(12)26-11-17(23)21-13(2)15-5-7-16(8-6-15)25-10-14-3-4-14/h5-8,12-14,18H,3-4,9-11H2,1-2H3,(H,21,23)(H2,20,22,24)/t12?,13-,18?/m1/s1. The fourth-order valence-corrected chi connectivity index (χ4v) is 3.80. The number of thioether (sulfide) groups is 1. The highest BCUT2D eigenvalue weighted by molar-refractivity contribution is 8.00. The van der Waals surface area contributed by atoms with Crippen LogP contribution in [0, 0.1) is 11.8 Å². The molecule has 26 heavy (non-hydrogen) atoms. The third-order valence-corrected chi connectivity index (χ3v) is 6.08. The van der Waals surface area contributed by atoms with Crippen LogP contribution in [-0.4, -0.2) is 36.2 Å². The molecule has 0 aromatic heterocycles. The van der Waals surface area contributed by atoms with E-state index in [-0.39, 0.29) is 29.3 Å². The van der Waals surface area contributed by atoms with E-state index in [4.69, 9.17) is 4.74 Å². The zero-order valence-electron chi connectivity index (χ0n) is 15.3. The van der Waals surface area contributed by atoms with Crippen LogP contribution in [0.3, 0.4) is 0 Å². The number of amides is 3. The first-order valence-electron chi connectivity index (χ1n) is 9.19. The van der Waals surface area contributed by atoms with Crippen molar-refractivity contribution < 1.29 is 14.3 Å². The van der Waals surface area contributed by atoms with Crippen LogP contribution in [0.25, 0.3) is 0 Å². The van der Waals surface area contributed by atoms with Gasteiger partial charge in [0.2, 0.25) is 5.91 Å². The SMILES string of the molecule is CC1CNC(=O)NC1SCC(=O)N[C@H](C)c1ccc(OCC2CC2)cc1. The average molecular weight is 378 g/mol. The molecule has 1 aliphatic carbocycles. The molecule has 1 aromatic carbocycles. The molecule has 7 heteroatoms. The maximum absolute atomic E-state index is 12.2. The Hall–Kier alpha value is -1.89. The summed E-state index contributed by atoms with van der Waals surface area (Å²) in [5, 5.41) is 8.59. The average Bonchev–Trinajstić information content (AvgIpc) is 3.45. The predicted molar refractivity (Wildman–Crippen MR) is 103 cm³/mol. The smallest absolute Gasteiger partial charge is 0.315 e. The molecule has 2 fully saturated rings. The minimum atomic E-state index is -0.168. The molecule has 0 spiro atoms. The van der Waals surface area contributed by atoms with Gasteiger partial charge in [-0.05, 0) is 43.4 Å². The molecular weight excluding hydrogens is 350 g/mol. The predicted octanol–water partition coefficient (Wildman–Crippen LogP) is 2.66. The third kappa shape index (κ3) is 5.56. The van der Waals surface area contributed by atoms with E-state index < -0.39 is 0 Å². The minimum absolute atomic E-state index is 0.0310. The molecule has 3 amide bonds. The highest BCUT2D eigenvalue weighted by atomic mass is 32.2. The second-order valence-corrected chi connectivity index (χ2v) is 8.31. The lowest BCUT2D eigenvalue weighted by atomic mass is 10.1. The summed E-state index contributed by atoms with van der Waals surface area (Å²) in [6.45, 7) is 5.46. The van der Waals surface area contributed by atoms with E-state index in [1.54, 1.807) is 0 Å². The first-order chi connectivity index (χ1) is 12.5. The van der Waals surface area contributed by atoms with Crippen molar-refractivity contribution >= 4 is 23.7 Å². The maximum Gasteiger partial charge on any atom is 0.315 e. The molecule has 142 valence electrons. The van der Waals surface area contributed by atoms with E-state index in [1.807, 2.05) is 31.2 Å². The van der Waals surface area contributed by atoms with Gasteiger partial charge in [0, 0.05) is 12.5 Å². The summed E-state index contributed by atoms with van der Waals surface area (Å²) in [7, 11) is 0. The lowest BCUT2D eigenvalue weighted by Crippen LogP contribution is -2.53. The van der Waals surface area contributed by atoms with Crippen molar-refractivity contribution in [3.63, 3.8) is 0 Å². The summed E-state index contributed by atoms with van der Waals surface area (Å²) in [5.41, 5.74) is 1.05. The molecule has 3 rings (SSSR count). The van der Waals surface area contributed by atoms with Gasteiger partial charge in [-0.25, -0.2) is 4.79 Å². The zero-order chi connectivity index (χ0) is 18.5. The van der Waals surface area contributed by atoms with Crippen LogP contribution in [0.1, 0.15) is 38.3 Å². The van der Waals surface area contributed by atoms with E-state index >= 15 is 0 Å². The van der Waals surface area contributed by atoms with Gasteiger partial charge in [-0.2, -0.15) is 0 Å². The zero-order valence-corrected chi connectivity index (χ0v) is 16.1. The van der Waals surface area contributed by atoms with Gasteiger partial charge in [0.15, 0.2) is 0 Å². The molecule has 2 unspecified atom stereocenters. The van der Waals surface area contributed by atoms with Crippen molar-refractivity contribution in [2.24, 2.45) is 11.8 Å². The molecular formula is C19H27N3O3S. The second-order valence-electron chi connectivity index (χ2n) is 7.18. The fraction of sp³-hybridized carbons (Fsp3) is 0.579. The van der Waals surface area contributed by atoms with Crippen LogP contribution in [0.15, 0.2) is 24.3 Å².